The molecule has 0 spiro atoms. The Morgan fingerprint density at radius 1 is 0.870 bits per heavy atom. The topological polar surface area (TPSA) is 38.9 Å². The molecule has 4 heteroatoms. The zero-order valence-corrected chi connectivity index (χ0v) is 14.9. The summed E-state index contributed by atoms with van der Waals surface area (Å²) >= 11 is 3.44. The van der Waals surface area contributed by atoms with E-state index in [1.807, 2.05) is 12.1 Å². The number of rotatable bonds is 5. The van der Waals surface area contributed by atoms with Crippen LogP contribution in [0, 0.1) is 13.8 Å². The average Bonchev–Trinajstić information content (AvgIpc) is 2.97. The van der Waals surface area contributed by atoms with Gasteiger partial charge in [-0.3, -0.25) is 0 Å². The van der Waals surface area contributed by atoms with Crippen LogP contribution in [0.5, 0.6) is 0 Å². The fourth-order valence-electron chi connectivity index (χ4n) is 2.71. The molecule has 0 aliphatic carbocycles. The van der Waals surface area contributed by atoms with E-state index >= 15 is 0 Å². The van der Waals surface area contributed by atoms with Gasteiger partial charge in [0.1, 0.15) is 0 Å². The molecule has 23 heavy (non-hydrogen) atoms. The molecular weight excluding hydrogens is 352 g/mol. The third-order valence-electron chi connectivity index (χ3n) is 4.01. The number of benzene rings is 2. The minimum absolute atomic E-state index is 0.670. The SMILES string of the molecule is Cc1cccc(C)c1CCc1nnc(Cc2ccc(Br)cc2)o1. The molecule has 0 saturated heterocycles. The van der Waals surface area contributed by atoms with Crippen LogP contribution in [0.1, 0.15) is 34.0 Å². The first kappa shape index (κ1) is 15.9. The molecule has 0 aliphatic rings. The van der Waals surface area contributed by atoms with Gasteiger partial charge in [0.25, 0.3) is 0 Å². The summed E-state index contributed by atoms with van der Waals surface area (Å²) < 4.78 is 6.86. The van der Waals surface area contributed by atoms with Gasteiger partial charge in [0.05, 0.1) is 6.42 Å². The van der Waals surface area contributed by atoms with Gasteiger partial charge in [0.15, 0.2) is 0 Å². The number of hydrogen-bond donors (Lipinski definition) is 0. The molecule has 0 radical (unpaired) electrons. The van der Waals surface area contributed by atoms with Gasteiger partial charge in [-0.1, -0.05) is 46.3 Å². The third-order valence-corrected chi connectivity index (χ3v) is 4.54. The highest BCUT2D eigenvalue weighted by molar-refractivity contribution is 9.10. The minimum Gasteiger partial charge on any atom is -0.425 e. The molecule has 3 rings (SSSR count). The Hall–Kier alpha value is -1.94. The summed E-state index contributed by atoms with van der Waals surface area (Å²) in [5, 5.41) is 8.34. The standard InChI is InChI=1S/C19H19BrN2O/c1-13-4-3-5-14(2)17(13)10-11-18-21-22-19(23-18)12-15-6-8-16(20)9-7-15/h3-9H,10-12H2,1-2H3. The van der Waals surface area contributed by atoms with E-state index in [0.717, 1.165) is 22.9 Å². The molecule has 0 bridgehead atoms. The summed E-state index contributed by atoms with van der Waals surface area (Å²) in [5.41, 5.74) is 5.18. The first-order valence-electron chi connectivity index (χ1n) is 7.72. The first-order valence-corrected chi connectivity index (χ1v) is 8.52. The number of halogens is 1. The zero-order chi connectivity index (χ0) is 16.2. The lowest BCUT2D eigenvalue weighted by Crippen LogP contribution is -1.97. The van der Waals surface area contributed by atoms with Crippen LogP contribution in [0.25, 0.3) is 0 Å². The van der Waals surface area contributed by atoms with Crippen molar-refractivity contribution < 1.29 is 4.42 Å². The summed E-state index contributed by atoms with van der Waals surface area (Å²) in [4.78, 5) is 0. The molecule has 1 aromatic heterocycles. The monoisotopic (exact) mass is 370 g/mol. The number of aromatic nitrogens is 2. The minimum atomic E-state index is 0.670. The normalized spacial score (nSPS) is 10.9. The first-order chi connectivity index (χ1) is 11.1. The molecule has 0 aliphatic heterocycles. The maximum atomic E-state index is 5.79. The van der Waals surface area contributed by atoms with Gasteiger partial charge >= 0.3 is 0 Å². The Balaban J connectivity index is 1.64. The molecule has 0 N–H and O–H groups in total. The van der Waals surface area contributed by atoms with Gasteiger partial charge in [0.2, 0.25) is 11.8 Å². The second-order valence-corrected chi connectivity index (χ2v) is 6.68. The Morgan fingerprint density at radius 2 is 1.52 bits per heavy atom. The Bertz CT molecular complexity index is 773. The van der Waals surface area contributed by atoms with E-state index in [2.05, 4.69) is 70.3 Å². The lowest BCUT2D eigenvalue weighted by Gasteiger charge is -2.07. The predicted octanol–water partition coefficient (Wildman–Crippen LogP) is 4.82. The van der Waals surface area contributed by atoms with Gasteiger partial charge < -0.3 is 4.42 Å². The zero-order valence-electron chi connectivity index (χ0n) is 13.3. The second kappa shape index (κ2) is 7.09. The van der Waals surface area contributed by atoms with Crippen molar-refractivity contribution in [1.29, 1.82) is 0 Å². The second-order valence-electron chi connectivity index (χ2n) is 5.76. The van der Waals surface area contributed by atoms with Crippen molar-refractivity contribution in [2.24, 2.45) is 0 Å². The van der Waals surface area contributed by atoms with Crippen molar-refractivity contribution >= 4 is 15.9 Å². The fourth-order valence-corrected chi connectivity index (χ4v) is 2.98. The molecule has 2 aromatic carbocycles. The average molecular weight is 371 g/mol. The highest BCUT2D eigenvalue weighted by atomic mass is 79.9. The molecule has 0 amide bonds. The van der Waals surface area contributed by atoms with Crippen molar-refractivity contribution in [1.82, 2.24) is 10.2 Å². The van der Waals surface area contributed by atoms with Crippen LogP contribution < -0.4 is 0 Å². The largest absolute Gasteiger partial charge is 0.425 e. The van der Waals surface area contributed by atoms with Crippen molar-refractivity contribution in [2.75, 3.05) is 0 Å². The quantitative estimate of drug-likeness (QED) is 0.645. The lowest BCUT2D eigenvalue weighted by atomic mass is 9.99. The van der Waals surface area contributed by atoms with Crippen LogP contribution in [-0.2, 0) is 19.3 Å². The molecule has 3 aromatic rings. The molecule has 0 fully saturated rings. The van der Waals surface area contributed by atoms with E-state index in [1.54, 1.807) is 0 Å². The lowest BCUT2D eigenvalue weighted by molar-refractivity contribution is 0.456. The Morgan fingerprint density at radius 3 is 2.22 bits per heavy atom. The van der Waals surface area contributed by atoms with E-state index in [-0.39, 0.29) is 0 Å². The Labute approximate surface area is 144 Å². The van der Waals surface area contributed by atoms with Crippen molar-refractivity contribution in [3.63, 3.8) is 0 Å². The highest BCUT2D eigenvalue weighted by Crippen LogP contribution is 2.17. The van der Waals surface area contributed by atoms with Gasteiger partial charge in [-0.2, -0.15) is 0 Å². The van der Waals surface area contributed by atoms with E-state index in [9.17, 15) is 0 Å². The molecule has 0 atom stereocenters. The summed E-state index contributed by atoms with van der Waals surface area (Å²) in [6.07, 6.45) is 2.38. The number of hydrogen-bond acceptors (Lipinski definition) is 3. The van der Waals surface area contributed by atoms with Gasteiger partial charge in [-0.05, 0) is 54.7 Å². The van der Waals surface area contributed by atoms with Crippen LogP contribution in [0.15, 0.2) is 51.4 Å². The molecule has 1 heterocycles. The van der Waals surface area contributed by atoms with Crippen LogP contribution >= 0.6 is 15.9 Å². The van der Waals surface area contributed by atoms with E-state index in [4.69, 9.17) is 4.42 Å². The van der Waals surface area contributed by atoms with Crippen LogP contribution in [0.3, 0.4) is 0 Å². The van der Waals surface area contributed by atoms with Crippen molar-refractivity contribution in [3.8, 4) is 0 Å². The molecular formula is C19H19BrN2O. The summed E-state index contributed by atoms with van der Waals surface area (Å²) in [5.74, 6) is 1.38. The molecule has 0 saturated carbocycles. The fraction of sp³-hybridized carbons (Fsp3) is 0.263. The molecule has 3 nitrogen and oxygen atoms in total. The maximum Gasteiger partial charge on any atom is 0.220 e. The Kier molecular flexibility index (Phi) is 4.91. The molecule has 118 valence electrons. The van der Waals surface area contributed by atoms with Gasteiger partial charge in [-0.25, -0.2) is 0 Å². The van der Waals surface area contributed by atoms with Crippen molar-refractivity contribution in [3.05, 3.63) is 81.0 Å². The number of nitrogens with zero attached hydrogens (tertiary/aromatic N) is 2. The number of aryl methyl sites for hydroxylation is 3. The summed E-state index contributed by atoms with van der Waals surface area (Å²) in [6.45, 7) is 4.30. The molecule has 0 unspecified atom stereocenters. The van der Waals surface area contributed by atoms with Crippen molar-refractivity contribution in [2.45, 2.75) is 33.1 Å². The predicted molar refractivity (Wildman–Crippen MR) is 94.6 cm³/mol. The maximum absolute atomic E-state index is 5.79. The smallest absolute Gasteiger partial charge is 0.220 e. The van der Waals surface area contributed by atoms with Crippen LogP contribution in [-0.4, -0.2) is 10.2 Å². The van der Waals surface area contributed by atoms with E-state index in [1.165, 1.54) is 16.7 Å². The van der Waals surface area contributed by atoms with Gasteiger partial charge in [0, 0.05) is 10.9 Å². The van der Waals surface area contributed by atoms with Crippen LogP contribution in [0.2, 0.25) is 0 Å². The van der Waals surface area contributed by atoms with Gasteiger partial charge in [-0.15, -0.1) is 10.2 Å². The van der Waals surface area contributed by atoms with E-state index < -0.39 is 0 Å². The highest BCUT2D eigenvalue weighted by Gasteiger charge is 2.09. The van der Waals surface area contributed by atoms with E-state index in [0.29, 0.717) is 18.2 Å². The van der Waals surface area contributed by atoms with Crippen LogP contribution in [0.4, 0.5) is 0 Å². The summed E-state index contributed by atoms with van der Waals surface area (Å²) in [6, 6.07) is 14.6. The summed E-state index contributed by atoms with van der Waals surface area (Å²) in [7, 11) is 0. The third kappa shape index (κ3) is 4.08.